The van der Waals surface area contributed by atoms with Gasteiger partial charge in [-0.2, -0.15) is 5.10 Å². The van der Waals surface area contributed by atoms with Gasteiger partial charge in [-0.3, -0.25) is 9.48 Å². The second-order valence-electron chi connectivity index (χ2n) is 5.55. The fourth-order valence-electron chi connectivity index (χ4n) is 2.81. The Morgan fingerprint density at radius 3 is 2.96 bits per heavy atom. The number of rotatable bonds is 4. The molecule has 0 saturated heterocycles. The van der Waals surface area contributed by atoms with E-state index < -0.39 is 6.04 Å². The largest absolute Gasteiger partial charge is 0.348 e. The van der Waals surface area contributed by atoms with Crippen LogP contribution in [0.3, 0.4) is 0 Å². The van der Waals surface area contributed by atoms with Gasteiger partial charge in [-0.05, 0) is 37.2 Å². The number of hydrogen-bond acceptors (Lipinski definition) is 4. The number of hydrogen-bond donors (Lipinski definition) is 2. The Balaban J connectivity index is 0.00000208. The van der Waals surface area contributed by atoms with Gasteiger partial charge in [0.25, 0.3) is 0 Å². The molecule has 0 aliphatic carbocycles. The summed E-state index contributed by atoms with van der Waals surface area (Å²) in [6.45, 7) is 0. The summed E-state index contributed by atoms with van der Waals surface area (Å²) < 4.78 is 1.69. The third kappa shape index (κ3) is 4.06. The SMILES string of the molecule is CNC(C(=O)NC1CCSc2ccc(Cl)cc21)c1cnn(C)c1.Cl. The van der Waals surface area contributed by atoms with Gasteiger partial charge in [0.05, 0.1) is 12.2 Å². The smallest absolute Gasteiger partial charge is 0.242 e. The maximum absolute atomic E-state index is 12.7. The molecule has 2 heterocycles. The Kier molecular flexibility index (Phi) is 6.57. The third-order valence-corrected chi connectivity index (χ3v) is 5.29. The van der Waals surface area contributed by atoms with Gasteiger partial charge in [-0.15, -0.1) is 24.2 Å². The molecule has 2 N–H and O–H groups in total. The highest BCUT2D eigenvalue weighted by Crippen LogP contribution is 2.37. The van der Waals surface area contributed by atoms with Crippen LogP contribution in [0.2, 0.25) is 5.02 Å². The molecule has 130 valence electrons. The van der Waals surface area contributed by atoms with Crippen molar-refractivity contribution in [3.8, 4) is 0 Å². The number of nitrogens with one attached hydrogen (secondary N) is 2. The molecule has 0 saturated carbocycles. The quantitative estimate of drug-likeness (QED) is 0.847. The normalized spacial score (nSPS) is 17.5. The lowest BCUT2D eigenvalue weighted by Crippen LogP contribution is -2.39. The molecule has 0 bridgehead atoms. The molecule has 2 atom stereocenters. The number of fused-ring (bicyclic) bond motifs is 1. The third-order valence-electron chi connectivity index (χ3n) is 3.94. The lowest BCUT2D eigenvalue weighted by atomic mass is 10.0. The number of aryl methyl sites for hydroxylation is 1. The fourth-order valence-corrected chi connectivity index (χ4v) is 4.09. The van der Waals surface area contributed by atoms with Crippen molar-refractivity contribution in [2.45, 2.75) is 23.4 Å². The van der Waals surface area contributed by atoms with Gasteiger partial charge in [0, 0.05) is 34.5 Å². The van der Waals surface area contributed by atoms with Crippen LogP contribution in [0.1, 0.15) is 29.6 Å². The van der Waals surface area contributed by atoms with E-state index in [9.17, 15) is 4.79 Å². The molecule has 8 heteroatoms. The molecule has 1 aliphatic heterocycles. The molecule has 0 fully saturated rings. The predicted octanol–water partition coefficient (Wildman–Crippen LogP) is 3.11. The van der Waals surface area contributed by atoms with Gasteiger partial charge >= 0.3 is 0 Å². The van der Waals surface area contributed by atoms with E-state index in [4.69, 9.17) is 11.6 Å². The average molecular weight is 387 g/mol. The van der Waals surface area contributed by atoms with Crippen molar-refractivity contribution in [2.24, 2.45) is 7.05 Å². The first-order valence-corrected chi connectivity index (χ1v) is 8.83. The van der Waals surface area contributed by atoms with Crippen LogP contribution in [0.15, 0.2) is 35.5 Å². The number of amides is 1. The van der Waals surface area contributed by atoms with Crippen LogP contribution in [-0.2, 0) is 11.8 Å². The Hall–Kier alpha value is -1.21. The molecule has 5 nitrogen and oxygen atoms in total. The zero-order chi connectivity index (χ0) is 16.4. The first-order valence-electron chi connectivity index (χ1n) is 7.47. The van der Waals surface area contributed by atoms with Crippen molar-refractivity contribution >= 4 is 41.7 Å². The summed E-state index contributed by atoms with van der Waals surface area (Å²) in [6.07, 6.45) is 4.46. The van der Waals surface area contributed by atoms with Crippen molar-refractivity contribution in [3.05, 3.63) is 46.7 Å². The Morgan fingerprint density at radius 1 is 1.50 bits per heavy atom. The first-order chi connectivity index (χ1) is 11.1. The monoisotopic (exact) mass is 386 g/mol. The molecule has 1 amide bonds. The predicted molar refractivity (Wildman–Crippen MR) is 99.9 cm³/mol. The number of thioether (sulfide) groups is 1. The molecule has 0 spiro atoms. The van der Waals surface area contributed by atoms with Gasteiger partial charge < -0.3 is 10.6 Å². The molecule has 3 rings (SSSR count). The van der Waals surface area contributed by atoms with Gasteiger partial charge in [0.1, 0.15) is 6.04 Å². The van der Waals surface area contributed by atoms with Crippen LogP contribution in [0.25, 0.3) is 0 Å². The van der Waals surface area contributed by atoms with Crippen LogP contribution >= 0.6 is 35.8 Å². The summed E-state index contributed by atoms with van der Waals surface area (Å²) in [7, 11) is 3.61. The van der Waals surface area contributed by atoms with Crippen molar-refractivity contribution in [2.75, 3.05) is 12.8 Å². The Morgan fingerprint density at radius 2 is 2.29 bits per heavy atom. The van der Waals surface area contributed by atoms with Gasteiger partial charge in [-0.25, -0.2) is 0 Å². The second kappa shape index (κ2) is 8.25. The minimum absolute atomic E-state index is 0. The summed E-state index contributed by atoms with van der Waals surface area (Å²) in [5.41, 5.74) is 1.95. The van der Waals surface area contributed by atoms with E-state index in [0.717, 1.165) is 23.3 Å². The Labute approximate surface area is 156 Å². The van der Waals surface area contributed by atoms with Crippen molar-refractivity contribution in [3.63, 3.8) is 0 Å². The van der Waals surface area contributed by atoms with Crippen molar-refractivity contribution in [1.82, 2.24) is 20.4 Å². The number of carbonyl (C=O) groups excluding carboxylic acids is 1. The highest BCUT2D eigenvalue weighted by atomic mass is 35.5. The zero-order valence-electron chi connectivity index (χ0n) is 13.5. The minimum Gasteiger partial charge on any atom is -0.348 e. The number of aromatic nitrogens is 2. The van der Waals surface area contributed by atoms with E-state index in [1.54, 1.807) is 29.7 Å². The molecule has 1 aromatic heterocycles. The molecule has 1 aromatic carbocycles. The maximum atomic E-state index is 12.7. The van der Waals surface area contributed by atoms with Crippen LogP contribution in [0, 0.1) is 0 Å². The van der Waals surface area contributed by atoms with E-state index >= 15 is 0 Å². The zero-order valence-corrected chi connectivity index (χ0v) is 15.8. The minimum atomic E-state index is -0.416. The lowest BCUT2D eigenvalue weighted by Gasteiger charge is -2.27. The summed E-state index contributed by atoms with van der Waals surface area (Å²) >= 11 is 7.92. The molecular weight excluding hydrogens is 367 g/mol. The van der Waals surface area contributed by atoms with E-state index in [0.29, 0.717) is 5.02 Å². The number of likely N-dealkylation sites (N-methyl/N-ethyl adjacent to an activating group) is 1. The molecular formula is C16H20Cl2N4OS. The summed E-state index contributed by atoms with van der Waals surface area (Å²) in [6, 6.07) is 5.44. The highest BCUT2D eigenvalue weighted by molar-refractivity contribution is 7.99. The standard InChI is InChI=1S/C16H19ClN4OS.ClH/c1-18-15(10-8-19-21(2)9-10)16(22)20-13-5-6-23-14-4-3-11(17)7-12(13)14;/h3-4,7-9,13,15,18H,5-6H2,1-2H3,(H,20,22);1H. The number of nitrogens with zero attached hydrogens (tertiary/aromatic N) is 2. The van der Waals surface area contributed by atoms with Gasteiger partial charge in [0.2, 0.25) is 5.91 Å². The number of benzene rings is 1. The van der Waals surface area contributed by atoms with Crippen LogP contribution in [0.5, 0.6) is 0 Å². The topological polar surface area (TPSA) is 59.0 Å². The lowest BCUT2D eigenvalue weighted by molar-refractivity contribution is -0.124. The molecule has 1 aliphatic rings. The highest BCUT2D eigenvalue weighted by Gasteiger charge is 2.27. The molecule has 0 radical (unpaired) electrons. The first kappa shape index (κ1) is 19.1. The number of halogens is 2. The van der Waals surface area contributed by atoms with E-state index in [-0.39, 0.29) is 24.4 Å². The van der Waals surface area contributed by atoms with E-state index in [2.05, 4.69) is 15.7 Å². The molecule has 2 aromatic rings. The molecule has 2 unspecified atom stereocenters. The van der Waals surface area contributed by atoms with Gasteiger partial charge in [0.15, 0.2) is 0 Å². The van der Waals surface area contributed by atoms with Crippen molar-refractivity contribution < 1.29 is 4.79 Å². The van der Waals surface area contributed by atoms with E-state index in [1.807, 2.05) is 31.4 Å². The summed E-state index contributed by atoms with van der Waals surface area (Å²) in [5, 5.41) is 11.0. The van der Waals surface area contributed by atoms with Gasteiger partial charge in [-0.1, -0.05) is 11.6 Å². The second-order valence-corrected chi connectivity index (χ2v) is 7.12. The van der Waals surface area contributed by atoms with E-state index in [1.165, 1.54) is 4.90 Å². The van der Waals surface area contributed by atoms with Crippen LogP contribution < -0.4 is 10.6 Å². The summed E-state index contributed by atoms with van der Waals surface area (Å²) in [5.74, 6) is 0.930. The average Bonchev–Trinajstić information content (AvgIpc) is 2.95. The molecule has 24 heavy (non-hydrogen) atoms. The fraction of sp³-hybridized carbons (Fsp3) is 0.375. The van der Waals surface area contributed by atoms with Crippen molar-refractivity contribution in [1.29, 1.82) is 0 Å². The van der Waals surface area contributed by atoms with Crippen LogP contribution in [0.4, 0.5) is 0 Å². The summed E-state index contributed by atoms with van der Waals surface area (Å²) in [4.78, 5) is 13.9. The van der Waals surface area contributed by atoms with Crippen LogP contribution in [-0.4, -0.2) is 28.5 Å². The number of carbonyl (C=O) groups is 1. The maximum Gasteiger partial charge on any atom is 0.242 e. The Bertz CT molecular complexity index is 722.